The molecular weight excluding hydrogens is 310 g/mol. The van der Waals surface area contributed by atoms with Crippen LogP contribution in [0.2, 0.25) is 0 Å². The number of phenolic OH excluding ortho intramolecular Hbond substituents is 1. The fraction of sp³-hybridized carbons (Fsp3) is 0.500. The second-order valence-corrected chi connectivity index (χ2v) is 5.51. The molecule has 1 aromatic rings. The second kappa shape index (κ2) is 5.92. The number of rotatable bonds is 3. The first-order valence-corrected chi connectivity index (χ1v) is 7.45. The fourth-order valence-electron chi connectivity index (χ4n) is 2.20. The lowest BCUT2D eigenvalue weighted by Crippen LogP contribution is -2.53. The van der Waals surface area contributed by atoms with Crippen LogP contribution in [0.25, 0.3) is 0 Å². The van der Waals surface area contributed by atoms with Gasteiger partial charge in [0.05, 0.1) is 11.1 Å². The Balaban J connectivity index is 2.17. The molecule has 1 amide bonds. The molecule has 2 rings (SSSR count). The summed E-state index contributed by atoms with van der Waals surface area (Å²) in [6.07, 6.45) is 1.55. The molecule has 1 aliphatic rings. The van der Waals surface area contributed by atoms with Crippen molar-refractivity contribution in [3.8, 4) is 5.75 Å². The van der Waals surface area contributed by atoms with Crippen molar-refractivity contribution in [3.63, 3.8) is 0 Å². The summed E-state index contributed by atoms with van der Waals surface area (Å²) in [4.78, 5) is 12.3. The molecule has 19 heavy (non-hydrogen) atoms. The van der Waals surface area contributed by atoms with Crippen LogP contribution in [0.1, 0.15) is 28.8 Å². The summed E-state index contributed by atoms with van der Waals surface area (Å²) < 4.78 is 5.34. The largest absolute Gasteiger partial charge is 0.507 e. The Morgan fingerprint density at radius 3 is 2.79 bits per heavy atom. The molecule has 2 N–H and O–H groups in total. The molecule has 0 spiro atoms. The number of phenols is 1. The topological polar surface area (TPSA) is 58.6 Å². The zero-order valence-electron chi connectivity index (χ0n) is 10.9. The summed E-state index contributed by atoms with van der Waals surface area (Å²) in [7, 11) is 0. The number of alkyl halides is 1. The Morgan fingerprint density at radius 1 is 1.47 bits per heavy atom. The van der Waals surface area contributed by atoms with Gasteiger partial charge in [-0.2, -0.15) is 0 Å². The highest BCUT2D eigenvalue weighted by Gasteiger charge is 2.33. The van der Waals surface area contributed by atoms with Gasteiger partial charge in [-0.25, -0.2) is 0 Å². The maximum absolute atomic E-state index is 12.3. The summed E-state index contributed by atoms with van der Waals surface area (Å²) in [5.41, 5.74) is 0.741. The second-order valence-electron chi connectivity index (χ2n) is 4.95. The van der Waals surface area contributed by atoms with Crippen molar-refractivity contribution >= 4 is 21.8 Å². The van der Waals surface area contributed by atoms with Crippen LogP contribution in [0.4, 0.5) is 0 Å². The standard InChI is InChI=1S/C14H18BrNO3/c1-10-3-2-4-11(12(10)17)13(18)16-14(9-15)5-7-19-8-6-14/h2-4,17H,5-9H2,1H3,(H,16,18). The van der Waals surface area contributed by atoms with E-state index in [1.54, 1.807) is 25.1 Å². The molecule has 0 bridgehead atoms. The summed E-state index contributed by atoms with van der Waals surface area (Å²) in [5.74, 6) is -0.181. The van der Waals surface area contributed by atoms with Crippen LogP contribution < -0.4 is 5.32 Å². The van der Waals surface area contributed by atoms with Crippen LogP contribution in [0.15, 0.2) is 18.2 Å². The van der Waals surface area contributed by atoms with E-state index in [1.165, 1.54) is 0 Å². The number of ether oxygens (including phenoxy) is 1. The molecule has 0 unspecified atom stereocenters. The number of benzene rings is 1. The number of hydrogen-bond donors (Lipinski definition) is 2. The van der Waals surface area contributed by atoms with Gasteiger partial charge < -0.3 is 15.2 Å². The lowest BCUT2D eigenvalue weighted by atomic mass is 9.92. The summed E-state index contributed by atoms with van der Waals surface area (Å²) >= 11 is 3.47. The van der Waals surface area contributed by atoms with E-state index < -0.39 is 0 Å². The highest BCUT2D eigenvalue weighted by atomic mass is 79.9. The molecule has 5 heteroatoms. The molecule has 0 atom stereocenters. The number of carbonyl (C=O) groups excluding carboxylic acids is 1. The van der Waals surface area contributed by atoms with E-state index in [1.807, 2.05) is 0 Å². The first kappa shape index (κ1) is 14.3. The molecule has 4 nitrogen and oxygen atoms in total. The maximum atomic E-state index is 12.3. The van der Waals surface area contributed by atoms with Crippen molar-refractivity contribution in [2.75, 3.05) is 18.5 Å². The van der Waals surface area contributed by atoms with Crippen LogP contribution >= 0.6 is 15.9 Å². The van der Waals surface area contributed by atoms with E-state index in [9.17, 15) is 9.90 Å². The molecular formula is C14H18BrNO3. The van der Waals surface area contributed by atoms with E-state index in [4.69, 9.17) is 4.74 Å². The number of halogens is 1. The first-order valence-electron chi connectivity index (χ1n) is 6.33. The number of amides is 1. The SMILES string of the molecule is Cc1cccc(C(=O)NC2(CBr)CCOCC2)c1O. The molecule has 0 saturated carbocycles. The monoisotopic (exact) mass is 327 g/mol. The smallest absolute Gasteiger partial charge is 0.255 e. The van der Waals surface area contributed by atoms with Crippen LogP contribution in [-0.4, -0.2) is 35.1 Å². The van der Waals surface area contributed by atoms with Crippen molar-refractivity contribution in [3.05, 3.63) is 29.3 Å². The predicted molar refractivity (Wildman–Crippen MR) is 76.9 cm³/mol. The van der Waals surface area contributed by atoms with Gasteiger partial charge in [0, 0.05) is 18.5 Å². The Morgan fingerprint density at radius 2 is 2.16 bits per heavy atom. The highest BCUT2D eigenvalue weighted by Crippen LogP contribution is 2.26. The molecule has 0 aliphatic carbocycles. The molecule has 1 heterocycles. The molecule has 1 aliphatic heterocycles. The fourth-order valence-corrected chi connectivity index (χ4v) is 2.91. The van der Waals surface area contributed by atoms with Gasteiger partial charge in [0.25, 0.3) is 5.91 Å². The van der Waals surface area contributed by atoms with Gasteiger partial charge in [-0.15, -0.1) is 0 Å². The van der Waals surface area contributed by atoms with Gasteiger partial charge in [0.1, 0.15) is 5.75 Å². The van der Waals surface area contributed by atoms with Gasteiger partial charge in [-0.1, -0.05) is 28.1 Å². The molecule has 1 saturated heterocycles. The van der Waals surface area contributed by atoms with Crippen molar-refractivity contribution in [1.82, 2.24) is 5.32 Å². The summed E-state index contributed by atoms with van der Waals surface area (Å²) in [6, 6.07) is 5.19. The zero-order valence-corrected chi connectivity index (χ0v) is 12.5. The molecule has 104 valence electrons. The number of para-hydroxylation sites is 1. The van der Waals surface area contributed by atoms with E-state index in [0.717, 1.165) is 12.8 Å². The Labute approximate surface area is 121 Å². The normalized spacial score (nSPS) is 18.0. The third-order valence-electron chi connectivity index (χ3n) is 3.57. The average Bonchev–Trinajstić information content (AvgIpc) is 2.42. The third-order valence-corrected chi connectivity index (χ3v) is 4.64. The number of aromatic hydroxyl groups is 1. The lowest BCUT2D eigenvalue weighted by Gasteiger charge is -2.36. The van der Waals surface area contributed by atoms with Gasteiger partial charge in [0.15, 0.2) is 0 Å². The number of nitrogens with one attached hydrogen (secondary N) is 1. The predicted octanol–water partition coefficient (Wildman–Crippen LogP) is 2.37. The van der Waals surface area contributed by atoms with Crippen LogP contribution in [0.5, 0.6) is 5.75 Å². The molecule has 0 aromatic heterocycles. The summed E-state index contributed by atoms with van der Waals surface area (Å²) in [5, 5.41) is 13.7. The first-order chi connectivity index (χ1) is 9.08. The number of aryl methyl sites for hydroxylation is 1. The van der Waals surface area contributed by atoms with E-state index in [-0.39, 0.29) is 17.2 Å². The van der Waals surface area contributed by atoms with E-state index in [0.29, 0.717) is 29.7 Å². The van der Waals surface area contributed by atoms with Gasteiger partial charge in [0.2, 0.25) is 0 Å². The van der Waals surface area contributed by atoms with Crippen molar-refractivity contribution in [2.45, 2.75) is 25.3 Å². The van der Waals surface area contributed by atoms with Crippen molar-refractivity contribution in [1.29, 1.82) is 0 Å². The minimum absolute atomic E-state index is 0.0526. The molecule has 1 fully saturated rings. The van der Waals surface area contributed by atoms with E-state index >= 15 is 0 Å². The quantitative estimate of drug-likeness (QED) is 0.838. The van der Waals surface area contributed by atoms with Crippen molar-refractivity contribution in [2.24, 2.45) is 0 Å². The van der Waals surface area contributed by atoms with Crippen LogP contribution in [0.3, 0.4) is 0 Å². The van der Waals surface area contributed by atoms with Gasteiger partial charge in [-0.05, 0) is 31.4 Å². The molecule has 1 aromatic carbocycles. The summed E-state index contributed by atoms with van der Waals surface area (Å²) in [6.45, 7) is 3.07. The Hall–Kier alpha value is -1.07. The van der Waals surface area contributed by atoms with E-state index in [2.05, 4.69) is 21.2 Å². The minimum Gasteiger partial charge on any atom is -0.507 e. The Kier molecular flexibility index (Phi) is 4.47. The third kappa shape index (κ3) is 3.09. The van der Waals surface area contributed by atoms with Crippen LogP contribution in [-0.2, 0) is 4.74 Å². The lowest BCUT2D eigenvalue weighted by molar-refractivity contribution is 0.0441. The van der Waals surface area contributed by atoms with Gasteiger partial charge in [-0.3, -0.25) is 4.79 Å². The molecule has 0 radical (unpaired) electrons. The van der Waals surface area contributed by atoms with Crippen LogP contribution in [0, 0.1) is 6.92 Å². The average molecular weight is 328 g/mol. The highest BCUT2D eigenvalue weighted by molar-refractivity contribution is 9.09. The number of hydrogen-bond acceptors (Lipinski definition) is 3. The Bertz CT molecular complexity index is 470. The number of carbonyl (C=O) groups is 1. The minimum atomic E-state index is -0.286. The van der Waals surface area contributed by atoms with Gasteiger partial charge >= 0.3 is 0 Å². The zero-order chi connectivity index (χ0) is 13.9. The maximum Gasteiger partial charge on any atom is 0.255 e. The van der Waals surface area contributed by atoms with Crippen molar-refractivity contribution < 1.29 is 14.6 Å².